The molecule has 0 radical (unpaired) electrons. The lowest BCUT2D eigenvalue weighted by molar-refractivity contribution is 0.174. The van der Waals surface area contributed by atoms with Gasteiger partial charge in [-0.2, -0.15) is 5.26 Å². The lowest BCUT2D eigenvalue weighted by Gasteiger charge is -2.45. The van der Waals surface area contributed by atoms with Gasteiger partial charge in [0.25, 0.3) is 0 Å². The number of hydrogen-bond donors (Lipinski definition) is 0. The maximum atomic E-state index is 9.16. The molecule has 2 heterocycles. The smallest absolute Gasteiger partial charge is 0.231 e. The van der Waals surface area contributed by atoms with Crippen LogP contribution in [-0.2, 0) is 0 Å². The molecule has 0 spiro atoms. The maximum absolute atomic E-state index is 9.16. The minimum atomic E-state index is 0.0705. The third-order valence-electron chi connectivity index (χ3n) is 4.09. The van der Waals surface area contributed by atoms with Gasteiger partial charge < -0.3 is 14.4 Å². The molecule has 0 N–H and O–H groups in total. The van der Waals surface area contributed by atoms with Crippen molar-refractivity contribution < 1.29 is 9.47 Å². The fraction of sp³-hybridized carbons (Fsp3) is 0.533. The molecule has 1 saturated heterocycles. The molecule has 1 aromatic rings. The summed E-state index contributed by atoms with van der Waals surface area (Å²) >= 11 is 0. The van der Waals surface area contributed by atoms with Crippen molar-refractivity contribution in [2.75, 3.05) is 18.2 Å². The molecule has 1 aromatic carbocycles. The third-order valence-corrected chi connectivity index (χ3v) is 4.09. The molecule has 1 fully saturated rings. The van der Waals surface area contributed by atoms with E-state index in [1.165, 1.54) is 0 Å². The summed E-state index contributed by atoms with van der Waals surface area (Å²) in [5, 5.41) is 9.16. The van der Waals surface area contributed by atoms with Crippen molar-refractivity contribution >= 4 is 5.69 Å². The van der Waals surface area contributed by atoms with Gasteiger partial charge in [-0.1, -0.05) is 0 Å². The van der Waals surface area contributed by atoms with Crippen molar-refractivity contribution in [2.24, 2.45) is 5.92 Å². The Hall–Kier alpha value is -1.89. The molecule has 2 aliphatic rings. The van der Waals surface area contributed by atoms with Crippen molar-refractivity contribution in [1.82, 2.24) is 0 Å². The average Bonchev–Trinajstić information content (AvgIpc) is 2.85. The van der Waals surface area contributed by atoms with Crippen LogP contribution < -0.4 is 14.4 Å². The monoisotopic (exact) mass is 258 g/mol. The third kappa shape index (κ3) is 2.10. The van der Waals surface area contributed by atoms with Gasteiger partial charge in [-0.15, -0.1) is 0 Å². The molecule has 100 valence electrons. The minimum Gasteiger partial charge on any atom is -0.454 e. The first-order valence-corrected chi connectivity index (χ1v) is 6.67. The fourth-order valence-electron chi connectivity index (χ4n) is 2.83. The summed E-state index contributed by atoms with van der Waals surface area (Å²) in [6.45, 7) is 5.53. The van der Waals surface area contributed by atoms with Crippen molar-refractivity contribution in [1.29, 1.82) is 5.26 Å². The Balaban J connectivity index is 1.92. The fourth-order valence-corrected chi connectivity index (χ4v) is 2.83. The van der Waals surface area contributed by atoms with E-state index in [-0.39, 0.29) is 11.5 Å². The molecule has 4 nitrogen and oxygen atoms in total. The zero-order valence-corrected chi connectivity index (χ0v) is 11.3. The molecular weight excluding hydrogens is 240 g/mol. The molecular formula is C15H18N2O2. The zero-order chi connectivity index (χ0) is 13.5. The Bertz CT molecular complexity index is 533. The van der Waals surface area contributed by atoms with Crippen LogP contribution in [0, 0.1) is 17.2 Å². The van der Waals surface area contributed by atoms with E-state index in [1.54, 1.807) is 0 Å². The molecule has 19 heavy (non-hydrogen) atoms. The summed E-state index contributed by atoms with van der Waals surface area (Å²) in [6, 6.07) is 8.41. The number of ether oxygens (including phenoxy) is 2. The molecule has 3 rings (SSSR count). The van der Waals surface area contributed by atoms with E-state index in [1.807, 2.05) is 12.1 Å². The predicted octanol–water partition coefficient (Wildman–Crippen LogP) is 2.93. The Labute approximate surface area is 113 Å². The van der Waals surface area contributed by atoms with Crippen LogP contribution in [-0.4, -0.2) is 18.9 Å². The maximum Gasteiger partial charge on any atom is 0.231 e. The van der Waals surface area contributed by atoms with Crippen molar-refractivity contribution in [2.45, 2.75) is 32.2 Å². The van der Waals surface area contributed by atoms with E-state index in [9.17, 15) is 0 Å². The van der Waals surface area contributed by atoms with Crippen molar-refractivity contribution in [3.8, 4) is 17.6 Å². The number of piperidine rings is 1. The minimum absolute atomic E-state index is 0.0705. The molecule has 4 heteroatoms. The van der Waals surface area contributed by atoms with Crippen LogP contribution in [0.1, 0.15) is 26.7 Å². The highest BCUT2D eigenvalue weighted by molar-refractivity contribution is 5.58. The summed E-state index contributed by atoms with van der Waals surface area (Å²) in [5.41, 5.74) is 1.18. The Morgan fingerprint density at radius 2 is 2.11 bits per heavy atom. The van der Waals surface area contributed by atoms with E-state index < -0.39 is 0 Å². The SMILES string of the molecule is CC1(C)CCC(C#N)CN1c1ccc2c(c1)OCO2. The lowest BCUT2D eigenvalue weighted by Crippen LogP contribution is -2.50. The van der Waals surface area contributed by atoms with Gasteiger partial charge in [0, 0.05) is 23.8 Å². The summed E-state index contributed by atoms with van der Waals surface area (Å²) in [5.74, 6) is 1.71. The first-order valence-electron chi connectivity index (χ1n) is 6.67. The van der Waals surface area contributed by atoms with Crippen molar-refractivity contribution in [3.63, 3.8) is 0 Å². The van der Waals surface area contributed by atoms with Gasteiger partial charge >= 0.3 is 0 Å². The highest BCUT2D eigenvalue weighted by atomic mass is 16.7. The van der Waals surface area contributed by atoms with E-state index in [0.29, 0.717) is 6.79 Å². The normalized spacial score (nSPS) is 24.1. The van der Waals surface area contributed by atoms with Gasteiger partial charge in [0.15, 0.2) is 11.5 Å². The number of benzene rings is 1. The number of anilines is 1. The van der Waals surface area contributed by atoms with E-state index >= 15 is 0 Å². The first-order chi connectivity index (χ1) is 9.10. The average molecular weight is 258 g/mol. The van der Waals surface area contributed by atoms with Crippen LogP contribution in [0.5, 0.6) is 11.5 Å². The number of nitrogens with zero attached hydrogens (tertiary/aromatic N) is 2. The number of rotatable bonds is 1. The molecule has 0 amide bonds. The second-order valence-electron chi connectivity index (χ2n) is 5.83. The first kappa shape index (κ1) is 12.2. The molecule has 1 unspecified atom stereocenters. The van der Waals surface area contributed by atoms with Gasteiger partial charge in [-0.3, -0.25) is 0 Å². The van der Waals surface area contributed by atoms with Gasteiger partial charge in [-0.05, 0) is 38.8 Å². The van der Waals surface area contributed by atoms with Crippen LogP contribution >= 0.6 is 0 Å². The Morgan fingerprint density at radius 1 is 1.32 bits per heavy atom. The lowest BCUT2D eigenvalue weighted by atomic mass is 9.85. The van der Waals surface area contributed by atoms with Gasteiger partial charge in [-0.25, -0.2) is 0 Å². The molecule has 0 saturated carbocycles. The summed E-state index contributed by atoms with van der Waals surface area (Å²) in [7, 11) is 0. The van der Waals surface area contributed by atoms with Crippen LogP contribution in [0.3, 0.4) is 0 Å². The molecule has 2 aliphatic heterocycles. The molecule has 0 aliphatic carbocycles. The summed E-state index contributed by atoms with van der Waals surface area (Å²) < 4.78 is 10.8. The van der Waals surface area contributed by atoms with Gasteiger partial charge in [0.1, 0.15) is 0 Å². The molecule has 1 atom stereocenters. The van der Waals surface area contributed by atoms with E-state index in [2.05, 4.69) is 30.9 Å². The van der Waals surface area contributed by atoms with Gasteiger partial charge in [0.05, 0.1) is 12.0 Å². The number of nitriles is 1. The van der Waals surface area contributed by atoms with Crippen LogP contribution in [0.4, 0.5) is 5.69 Å². The van der Waals surface area contributed by atoms with Crippen molar-refractivity contribution in [3.05, 3.63) is 18.2 Å². The molecule has 0 bridgehead atoms. The van der Waals surface area contributed by atoms with Crippen LogP contribution in [0.25, 0.3) is 0 Å². The zero-order valence-electron chi connectivity index (χ0n) is 11.3. The van der Waals surface area contributed by atoms with Crippen LogP contribution in [0.15, 0.2) is 18.2 Å². The topological polar surface area (TPSA) is 45.5 Å². The standard InChI is InChI=1S/C15H18N2O2/c1-15(2)6-5-11(8-16)9-17(15)12-3-4-13-14(7-12)19-10-18-13/h3-4,7,11H,5-6,9-10H2,1-2H3. The van der Waals surface area contributed by atoms with E-state index in [0.717, 1.165) is 36.6 Å². The number of hydrogen-bond acceptors (Lipinski definition) is 4. The highest BCUT2D eigenvalue weighted by Gasteiger charge is 2.34. The number of fused-ring (bicyclic) bond motifs is 1. The molecule has 0 aromatic heterocycles. The van der Waals surface area contributed by atoms with E-state index in [4.69, 9.17) is 14.7 Å². The van der Waals surface area contributed by atoms with Gasteiger partial charge in [0.2, 0.25) is 6.79 Å². The van der Waals surface area contributed by atoms with Crippen LogP contribution in [0.2, 0.25) is 0 Å². The second kappa shape index (κ2) is 4.34. The largest absolute Gasteiger partial charge is 0.454 e. The Morgan fingerprint density at radius 3 is 2.89 bits per heavy atom. The summed E-state index contributed by atoms with van der Waals surface area (Å²) in [4.78, 5) is 2.31. The highest BCUT2D eigenvalue weighted by Crippen LogP contribution is 2.40. The second-order valence-corrected chi connectivity index (χ2v) is 5.83. The predicted molar refractivity (Wildman–Crippen MR) is 72.3 cm³/mol. The Kier molecular flexibility index (Phi) is 2.78. The summed E-state index contributed by atoms with van der Waals surface area (Å²) in [6.07, 6.45) is 2.00. The quantitative estimate of drug-likeness (QED) is 0.777.